The van der Waals surface area contributed by atoms with Crippen molar-refractivity contribution in [2.75, 3.05) is 6.61 Å². The monoisotopic (exact) mass is 471 g/mol. The van der Waals surface area contributed by atoms with Gasteiger partial charge in [-0.2, -0.15) is 0 Å². The van der Waals surface area contributed by atoms with Crippen LogP contribution in [0.3, 0.4) is 0 Å². The first-order chi connectivity index (χ1) is 15.6. The van der Waals surface area contributed by atoms with Gasteiger partial charge >= 0.3 is 0 Å². The number of carbonyl (C=O) groups is 1. The number of hydrogen-bond donors (Lipinski definition) is 2. The van der Waals surface area contributed by atoms with Crippen molar-refractivity contribution >= 4 is 26.8 Å². The molecule has 0 radical (unpaired) electrons. The van der Waals surface area contributed by atoms with E-state index in [0.29, 0.717) is 53.6 Å². The summed E-state index contributed by atoms with van der Waals surface area (Å²) in [6.45, 7) is 8.31. The largest absolute Gasteiger partial charge is 0.489 e. The third-order valence-corrected chi connectivity index (χ3v) is 6.86. The van der Waals surface area contributed by atoms with Crippen LogP contribution in [-0.4, -0.2) is 37.0 Å². The smallest absolute Gasteiger partial charge is 0.264 e. The van der Waals surface area contributed by atoms with E-state index in [9.17, 15) is 13.2 Å². The van der Waals surface area contributed by atoms with Gasteiger partial charge in [0.05, 0.1) is 23.0 Å². The second kappa shape index (κ2) is 8.70. The Morgan fingerprint density at radius 2 is 1.91 bits per heavy atom. The van der Waals surface area contributed by atoms with Gasteiger partial charge in [0.25, 0.3) is 10.0 Å². The van der Waals surface area contributed by atoms with Crippen molar-refractivity contribution in [2.24, 2.45) is 5.92 Å². The first-order valence-corrected chi connectivity index (χ1v) is 12.5. The molecule has 0 atom stereocenters. The molecule has 0 aliphatic heterocycles. The number of rotatable bonds is 9. The van der Waals surface area contributed by atoms with Gasteiger partial charge in [-0.05, 0) is 56.9 Å². The minimum atomic E-state index is -4.09. The van der Waals surface area contributed by atoms with Gasteiger partial charge in [0, 0.05) is 23.2 Å². The fourth-order valence-corrected chi connectivity index (χ4v) is 4.99. The van der Waals surface area contributed by atoms with E-state index in [2.05, 4.69) is 14.7 Å². The van der Waals surface area contributed by atoms with Gasteiger partial charge in [-0.1, -0.05) is 19.9 Å². The molecule has 2 N–H and O–H groups in total. The molecular formula is C24H29N3O5S. The number of hydrogen-bond acceptors (Lipinski definition) is 6. The lowest BCUT2D eigenvalue weighted by molar-refractivity contribution is -0.121. The van der Waals surface area contributed by atoms with Gasteiger partial charge in [0.15, 0.2) is 0 Å². The molecule has 1 fully saturated rings. The number of H-pyrrole nitrogens is 1. The van der Waals surface area contributed by atoms with Crippen molar-refractivity contribution in [3.05, 3.63) is 48.3 Å². The van der Waals surface area contributed by atoms with Crippen LogP contribution in [0.15, 0.2) is 47.5 Å². The molecule has 0 spiro atoms. The topological polar surface area (TPSA) is 110 Å². The average molecular weight is 472 g/mol. The maximum atomic E-state index is 13.4. The fraction of sp³-hybridized carbons (Fsp3) is 0.417. The van der Waals surface area contributed by atoms with Gasteiger partial charge < -0.3 is 14.5 Å². The van der Waals surface area contributed by atoms with Crippen LogP contribution in [0, 0.1) is 5.92 Å². The summed E-state index contributed by atoms with van der Waals surface area (Å²) < 4.78 is 40.3. The van der Waals surface area contributed by atoms with E-state index in [1.54, 1.807) is 36.5 Å². The molecule has 0 bridgehead atoms. The summed E-state index contributed by atoms with van der Waals surface area (Å²) >= 11 is 0. The molecule has 1 aliphatic rings. The molecular weight excluding hydrogens is 442 g/mol. The van der Waals surface area contributed by atoms with Crippen molar-refractivity contribution in [3.8, 4) is 11.6 Å². The van der Waals surface area contributed by atoms with E-state index in [1.807, 2.05) is 27.7 Å². The zero-order valence-corrected chi connectivity index (χ0v) is 20.0. The minimum absolute atomic E-state index is 0.0473. The highest BCUT2D eigenvalue weighted by atomic mass is 32.2. The Morgan fingerprint density at radius 3 is 2.58 bits per heavy atom. The fourth-order valence-electron chi connectivity index (χ4n) is 3.71. The second-order valence-electron chi connectivity index (χ2n) is 9.08. The Bertz CT molecular complexity index is 1280. The lowest BCUT2D eigenvalue weighted by atomic mass is 10.00. The zero-order valence-electron chi connectivity index (χ0n) is 19.2. The average Bonchev–Trinajstić information content (AvgIpc) is 3.42. The van der Waals surface area contributed by atoms with Gasteiger partial charge in [-0.15, -0.1) is 0 Å². The van der Waals surface area contributed by atoms with Crippen LogP contribution in [0.5, 0.6) is 11.6 Å². The molecule has 0 unspecified atom stereocenters. The predicted molar refractivity (Wildman–Crippen MR) is 125 cm³/mol. The van der Waals surface area contributed by atoms with Gasteiger partial charge in [-0.3, -0.25) is 4.79 Å². The third-order valence-electron chi connectivity index (χ3n) is 5.47. The van der Waals surface area contributed by atoms with Crippen LogP contribution in [0.25, 0.3) is 10.9 Å². The van der Waals surface area contributed by atoms with Crippen molar-refractivity contribution in [1.82, 2.24) is 14.7 Å². The molecule has 2 aromatic heterocycles. The van der Waals surface area contributed by atoms with Crippen LogP contribution < -0.4 is 14.2 Å². The van der Waals surface area contributed by atoms with Crippen molar-refractivity contribution < 1.29 is 22.7 Å². The van der Waals surface area contributed by atoms with Crippen LogP contribution in [0.2, 0.25) is 0 Å². The summed E-state index contributed by atoms with van der Waals surface area (Å²) in [5, 5.41) is 0.522. The number of sulfonamides is 1. The quantitative estimate of drug-likeness (QED) is 0.489. The van der Waals surface area contributed by atoms with Gasteiger partial charge in [0.2, 0.25) is 11.8 Å². The number of aromatic amines is 1. The standard InChI is InChI=1S/C24H29N3O5S/c1-15(2)14-31-21-9-8-19(32-16(3)4)22(26-21)24(11-12-24)23(28)27-33(29,30)20-7-5-6-18-17(20)10-13-25-18/h5-10,13,15-16,25H,11-12,14H2,1-4H3,(H,27,28). The van der Waals surface area contributed by atoms with Crippen LogP contribution >= 0.6 is 0 Å². The van der Waals surface area contributed by atoms with Gasteiger partial charge in [-0.25, -0.2) is 18.1 Å². The minimum Gasteiger partial charge on any atom is -0.489 e. The Kier molecular flexibility index (Phi) is 6.09. The summed E-state index contributed by atoms with van der Waals surface area (Å²) in [6, 6.07) is 10.0. The number of nitrogens with one attached hydrogen (secondary N) is 2. The maximum Gasteiger partial charge on any atom is 0.264 e. The van der Waals surface area contributed by atoms with Crippen molar-refractivity contribution in [3.63, 3.8) is 0 Å². The van der Waals surface area contributed by atoms with E-state index < -0.39 is 21.3 Å². The van der Waals surface area contributed by atoms with E-state index in [4.69, 9.17) is 9.47 Å². The molecule has 1 aromatic carbocycles. The number of nitrogens with zero attached hydrogens (tertiary/aromatic N) is 1. The molecule has 1 saturated carbocycles. The predicted octanol–water partition coefficient (Wildman–Crippen LogP) is 3.92. The Hall–Kier alpha value is -3.07. The van der Waals surface area contributed by atoms with E-state index in [1.165, 1.54) is 6.07 Å². The Morgan fingerprint density at radius 1 is 1.15 bits per heavy atom. The molecule has 2 heterocycles. The summed E-state index contributed by atoms with van der Waals surface area (Å²) in [6.07, 6.45) is 2.47. The number of aromatic nitrogens is 2. The van der Waals surface area contributed by atoms with E-state index in [-0.39, 0.29) is 11.0 Å². The zero-order chi connectivity index (χ0) is 23.8. The summed E-state index contributed by atoms with van der Waals surface area (Å²) in [4.78, 5) is 21.0. The normalized spacial score (nSPS) is 15.1. The molecule has 33 heavy (non-hydrogen) atoms. The lowest BCUT2D eigenvalue weighted by Crippen LogP contribution is -2.39. The van der Waals surface area contributed by atoms with Crippen LogP contribution in [0.4, 0.5) is 0 Å². The van der Waals surface area contributed by atoms with Crippen molar-refractivity contribution in [1.29, 1.82) is 0 Å². The molecule has 176 valence electrons. The molecule has 1 amide bonds. The molecule has 4 rings (SSSR count). The highest BCUT2D eigenvalue weighted by Gasteiger charge is 2.55. The number of benzene rings is 1. The molecule has 9 heteroatoms. The first-order valence-electron chi connectivity index (χ1n) is 11.1. The van der Waals surface area contributed by atoms with E-state index in [0.717, 1.165) is 0 Å². The number of ether oxygens (including phenoxy) is 2. The Labute approximate surface area is 193 Å². The van der Waals surface area contributed by atoms with E-state index >= 15 is 0 Å². The highest BCUT2D eigenvalue weighted by molar-refractivity contribution is 7.90. The first kappa shape index (κ1) is 23.1. The summed E-state index contributed by atoms with van der Waals surface area (Å²) in [5.41, 5.74) is 0.00123. The highest BCUT2D eigenvalue weighted by Crippen LogP contribution is 2.51. The van der Waals surface area contributed by atoms with Crippen LogP contribution in [0.1, 0.15) is 46.2 Å². The summed E-state index contributed by atoms with van der Waals surface area (Å²) in [5.74, 6) is 0.534. The van der Waals surface area contributed by atoms with Crippen LogP contribution in [-0.2, 0) is 20.2 Å². The molecule has 3 aromatic rings. The number of carbonyl (C=O) groups excluding carboxylic acids is 1. The Balaban J connectivity index is 1.66. The molecule has 1 aliphatic carbocycles. The van der Waals surface area contributed by atoms with Gasteiger partial charge in [0.1, 0.15) is 11.4 Å². The molecule has 8 nitrogen and oxygen atoms in total. The number of amides is 1. The second-order valence-corrected chi connectivity index (χ2v) is 10.7. The van der Waals surface area contributed by atoms with Crippen molar-refractivity contribution in [2.45, 2.75) is 57.0 Å². The maximum absolute atomic E-state index is 13.4. The summed E-state index contributed by atoms with van der Waals surface area (Å²) in [7, 11) is -4.09. The SMILES string of the molecule is CC(C)COc1ccc(OC(C)C)c(C2(C(=O)NS(=O)(=O)c3cccc4[nH]ccc34)CC2)n1. The molecule has 0 saturated heterocycles. The number of fused-ring (bicyclic) bond motifs is 1. The number of pyridine rings is 1. The lowest BCUT2D eigenvalue weighted by Gasteiger charge is -2.21. The third kappa shape index (κ3) is 4.68.